The van der Waals surface area contributed by atoms with Crippen LogP contribution in [0.4, 0.5) is 0 Å². The Hall–Kier alpha value is -2.48. The summed E-state index contributed by atoms with van der Waals surface area (Å²) in [6, 6.07) is 10.2. The maximum Gasteiger partial charge on any atom is 0.255 e. The molecule has 1 saturated heterocycles. The van der Waals surface area contributed by atoms with Gasteiger partial charge in [-0.3, -0.25) is 4.79 Å². The van der Waals surface area contributed by atoms with E-state index in [1.807, 2.05) is 18.2 Å². The van der Waals surface area contributed by atoms with E-state index in [1.54, 1.807) is 6.07 Å². The van der Waals surface area contributed by atoms with Gasteiger partial charge in [0.15, 0.2) is 0 Å². The number of nitrogens with one attached hydrogen (secondary N) is 1. The molecule has 2 fully saturated rings. The van der Waals surface area contributed by atoms with Crippen LogP contribution in [0.1, 0.15) is 41.6 Å². The number of piperidine rings is 1. The van der Waals surface area contributed by atoms with Crippen LogP contribution < -0.4 is 14.8 Å². The van der Waals surface area contributed by atoms with Crippen molar-refractivity contribution in [2.45, 2.75) is 43.8 Å². The summed E-state index contributed by atoms with van der Waals surface area (Å²) in [5.74, 6) is 1.56. The number of aromatic hydroxyl groups is 1. The maximum atomic E-state index is 12.5. The summed E-state index contributed by atoms with van der Waals surface area (Å²) in [6.45, 7) is 2.80. The molecule has 3 aliphatic rings. The molecule has 0 radical (unpaired) electrons. The number of aliphatic hydroxyl groups is 1. The van der Waals surface area contributed by atoms with E-state index in [1.165, 1.54) is 12.1 Å². The number of β-amino-alcohol motifs (C(OH)–C–C–N with tert-alkyl or cyclic N) is 1. The Morgan fingerprint density at radius 2 is 2.03 bits per heavy atom. The van der Waals surface area contributed by atoms with Crippen molar-refractivity contribution in [2.24, 2.45) is 5.92 Å². The summed E-state index contributed by atoms with van der Waals surface area (Å²) < 4.78 is 12.1. The Bertz CT molecular complexity index is 1050. The number of aliphatic hydroxyl groups excluding tert-OH is 1. The lowest BCUT2D eigenvalue weighted by atomic mass is 9.87. The minimum atomic E-state index is -0.723. The van der Waals surface area contributed by atoms with Gasteiger partial charge in [0, 0.05) is 56.5 Å². The molecule has 34 heavy (non-hydrogen) atoms. The van der Waals surface area contributed by atoms with Crippen LogP contribution in [-0.4, -0.2) is 65.5 Å². The van der Waals surface area contributed by atoms with Crippen molar-refractivity contribution in [2.75, 3.05) is 32.8 Å². The van der Waals surface area contributed by atoms with Gasteiger partial charge >= 0.3 is 0 Å². The first kappa shape index (κ1) is 23.3. The average molecular weight is 487 g/mol. The van der Waals surface area contributed by atoms with Gasteiger partial charge in [0.05, 0.1) is 5.56 Å². The van der Waals surface area contributed by atoms with E-state index in [-0.39, 0.29) is 29.6 Å². The van der Waals surface area contributed by atoms with Crippen LogP contribution >= 0.6 is 11.6 Å². The highest BCUT2D eigenvalue weighted by Gasteiger charge is 2.42. The molecule has 1 aliphatic carbocycles. The number of carbonyl (C=O) groups is 1. The zero-order valence-electron chi connectivity index (χ0n) is 19.1. The first-order chi connectivity index (χ1) is 16.4. The van der Waals surface area contributed by atoms with Crippen molar-refractivity contribution in [3.8, 4) is 17.2 Å². The molecule has 2 aliphatic heterocycles. The number of amides is 1. The second kappa shape index (κ2) is 9.64. The van der Waals surface area contributed by atoms with Gasteiger partial charge < -0.3 is 29.9 Å². The Morgan fingerprint density at radius 3 is 2.79 bits per heavy atom. The van der Waals surface area contributed by atoms with Crippen LogP contribution in [0.3, 0.4) is 0 Å². The molecular weight excluding hydrogens is 456 g/mol. The summed E-state index contributed by atoms with van der Waals surface area (Å²) in [5, 5.41) is 24.1. The number of fused-ring (bicyclic) bond motifs is 1. The van der Waals surface area contributed by atoms with Crippen molar-refractivity contribution in [3.05, 3.63) is 52.5 Å². The fourth-order valence-electron chi connectivity index (χ4n) is 4.83. The van der Waals surface area contributed by atoms with E-state index in [0.717, 1.165) is 61.5 Å². The van der Waals surface area contributed by atoms with Crippen LogP contribution in [0.25, 0.3) is 0 Å². The van der Waals surface area contributed by atoms with Gasteiger partial charge in [0.25, 0.3) is 5.91 Å². The molecule has 5 rings (SSSR count). The quantitative estimate of drug-likeness (QED) is 0.530. The molecule has 1 atom stereocenters. The van der Waals surface area contributed by atoms with Gasteiger partial charge in [-0.25, -0.2) is 0 Å². The number of hydrogen-bond donors (Lipinski definition) is 3. The van der Waals surface area contributed by atoms with Crippen molar-refractivity contribution >= 4 is 17.5 Å². The molecule has 0 aromatic heterocycles. The molecule has 3 N–H and O–H groups in total. The number of ether oxygens (including phenoxy) is 2. The Labute approximate surface area is 204 Å². The smallest absolute Gasteiger partial charge is 0.255 e. The average Bonchev–Trinajstić information content (AvgIpc) is 3.58. The highest BCUT2D eigenvalue weighted by atomic mass is 35.5. The largest absolute Gasteiger partial charge is 0.508 e. The van der Waals surface area contributed by atoms with Crippen molar-refractivity contribution < 1.29 is 24.5 Å². The molecule has 1 spiro atoms. The monoisotopic (exact) mass is 486 g/mol. The first-order valence-corrected chi connectivity index (χ1v) is 12.4. The fraction of sp³-hybridized carbons (Fsp3) is 0.500. The van der Waals surface area contributed by atoms with Crippen molar-refractivity contribution in [1.29, 1.82) is 0 Å². The maximum absolute atomic E-state index is 12.5. The van der Waals surface area contributed by atoms with E-state index < -0.39 is 6.10 Å². The minimum absolute atomic E-state index is 0.0170. The minimum Gasteiger partial charge on any atom is -0.508 e. The Morgan fingerprint density at radius 1 is 1.24 bits per heavy atom. The summed E-state index contributed by atoms with van der Waals surface area (Å²) in [5.41, 5.74) is 1.34. The standard InChI is InChI=1S/C26H31ClN2O5/c27-19-3-6-23-18(11-19)13-26(34-23)7-9-29(10-8-26)15-21(31)16-33-24-12-20(30)4-5-22(24)25(32)28-14-17-1-2-17/h3-6,11-12,17,21,30-31H,1-2,7-10,13-16H2,(H,28,32)/t21-/m0/s1. The summed E-state index contributed by atoms with van der Waals surface area (Å²) in [6.07, 6.45) is 4.20. The number of likely N-dealkylation sites (tertiary alicyclic amines) is 1. The molecule has 1 saturated carbocycles. The fourth-order valence-corrected chi connectivity index (χ4v) is 5.03. The van der Waals surface area contributed by atoms with Gasteiger partial charge in [0.1, 0.15) is 35.6 Å². The van der Waals surface area contributed by atoms with E-state index in [9.17, 15) is 15.0 Å². The molecule has 2 aromatic carbocycles. The molecular formula is C26H31ClN2O5. The van der Waals surface area contributed by atoms with Crippen molar-refractivity contribution in [3.63, 3.8) is 0 Å². The third-order valence-electron chi connectivity index (χ3n) is 6.99. The number of phenols is 1. The number of rotatable bonds is 8. The zero-order valence-corrected chi connectivity index (χ0v) is 19.9. The van der Waals surface area contributed by atoms with E-state index in [0.29, 0.717) is 24.6 Å². The lowest BCUT2D eigenvalue weighted by Gasteiger charge is -2.39. The predicted molar refractivity (Wildman–Crippen MR) is 129 cm³/mol. The Kier molecular flexibility index (Phi) is 6.60. The van der Waals surface area contributed by atoms with E-state index >= 15 is 0 Å². The van der Waals surface area contributed by atoms with E-state index in [4.69, 9.17) is 21.1 Å². The van der Waals surface area contributed by atoms with Gasteiger partial charge in [-0.05, 0) is 54.7 Å². The lowest BCUT2D eigenvalue weighted by molar-refractivity contribution is -0.00200. The third kappa shape index (κ3) is 5.43. The first-order valence-electron chi connectivity index (χ1n) is 12.0. The number of halogens is 1. The number of carbonyl (C=O) groups excluding carboxylic acids is 1. The number of nitrogens with zero attached hydrogens (tertiary/aromatic N) is 1. The SMILES string of the molecule is O=C(NCC1CC1)c1ccc(O)cc1OC[C@@H](O)CN1CCC2(CC1)Cc1cc(Cl)ccc1O2. The molecule has 2 aromatic rings. The molecule has 2 heterocycles. The van der Waals surface area contributed by atoms with Crippen LogP contribution in [-0.2, 0) is 6.42 Å². The zero-order chi connectivity index (χ0) is 23.7. The van der Waals surface area contributed by atoms with Crippen LogP contribution in [0, 0.1) is 5.92 Å². The van der Waals surface area contributed by atoms with Crippen molar-refractivity contribution in [1.82, 2.24) is 10.2 Å². The lowest BCUT2D eigenvalue weighted by Crippen LogP contribution is -2.49. The molecule has 1 amide bonds. The summed E-state index contributed by atoms with van der Waals surface area (Å²) in [4.78, 5) is 14.7. The summed E-state index contributed by atoms with van der Waals surface area (Å²) in [7, 11) is 0. The van der Waals surface area contributed by atoms with Gasteiger partial charge in [-0.1, -0.05) is 11.6 Å². The second-order valence-corrected chi connectivity index (χ2v) is 10.2. The third-order valence-corrected chi connectivity index (χ3v) is 7.22. The molecule has 0 bridgehead atoms. The number of phenolic OH excluding ortho intramolecular Hbond substituents is 1. The Balaban J connectivity index is 1.11. The van der Waals surface area contributed by atoms with Crippen LogP contribution in [0.5, 0.6) is 17.2 Å². The predicted octanol–water partition coefficient (Wildman–Crippen LogP) is 3.39. The van der Waals surface area contributed by atoms with Gasteiger partial charge in [-0.2, -0.15) is 0 Å². The number of hydrogen-bond acceptors (Lipinski definition) is 6. The number of benzene rings is 2. The normalized spacial score (nSPS) is 19.9. The van der Waals surface area contributed by atoms with Crippen LogP contribution in [0.2, 0.25) is 5.02 Å². The molecule has 8 heteroatoms. The highest BCUT2D eigenvalue weighted by Crippen LogP contribution is 2.42. The molecule has 7 nitrogen and oxygen atoms in total. The van der Waals surface area contributed by atoms with Gasteiger partial charge in [-0.15, -0.1) is 0 Å². The topological polar surface area (TPSA) is 91.3 Å². The van der Waals surface area contributed by atoms with Crippen LogP contribution in [0.15, 0.2) is 36.4 Å². The molecule has 0 unspecified atom stereocenters. The molecule has 182 valence electrons. The van der Waals surface area contributed by atoms with Gasteiger partial charge in [0.2, 0.25) is 0 Å². The second-order valence-electron chi connectivity index (χ2n) is 9.81. The van der Waals surface area contributed by atoms with E-state index in [2.05, 4.69) is 10.2 Å². The summed E-state index contributed by atoms with van der Waals surface area (Å²) >= 11 is 6.13. The highest BCUT2D eigenvalue weighted by molar-refractivity contribution is 6.30.